The first-order chi connectivity index (χ1) is 12.4. The number of hydrazone groups is 1. The van der Waals surface area contributed by atoms with Gasteiger partial charge in [-0.3, -0.25) is 19.7 Å². The van der Waals surface area contributed by atoms with Gasteiger partial charge in [-0.2, -0.15) is 5.10 Å². The second kappa shape index (κ2) is 8.38. The number of non-ortho nitro benzene ring substituents is 1. The Morgan fingerprint density at radius 3 is 2.54 bits per heavy atom. The van der Waals surface area contributed by atoms with Gasteiger partial charge in [-0.15, -0.1) is 0 Å². The first-order valence-electron chi connectivity index (χ1n) is 7.61. The Labute approximate surface area is 148 Å². The number of nitro groups is 1. The molecule has 0 aliphatic rings. The molecule has 2 aromatic rings. The zero-order valence-electron chi connectivity index (χ0n) is 13.8. The molecule has 2 rings (SSSR count). The SMILES string of the molecule is CCC(=O)Nc1ccc(C(=O)NN=Cc2cc([N+](=O)[O-])ccc2O)cc1. The molecule has 9 heteroatoms. The van der Waals surface area contributed by atoms with Crippen LogP contribution in [0, 0.1) is 10.1 Å². The Hall–Kier alpha value is -3.75. The van der Waals surface area contributed by atoms with Gasteiger partial charge in [0.1, 0.15) is 5.75 Å². The highest BCUT2D eigenvalue weighted by atomic mass is 16.6. The van der Waals surface area contributed by atoms with Gasteiger partial charge in [0.15, 0.2) is 0 Å². The van der Waals surface area contributed by atoms with E-state index in [0.717, 1.165) is 18.3 Å². The van der Waals surface area contributed by atoms with Gasteiger partial charge in [0.25, 0.3) is 11.6 Å². The average Bonchev–Trinajstić information content (AvgIpc) is 2.63. The molecule has 3 N–H and O–H groups in total. The predicted octanol–water partition coefficient (Wildman–Crippen LogP) is 2.41. The fourth-order valence-electron chi connectivity index (χ4n) is 1.94. The molecule has 0 saturated heterocycles. The molecule has 9 nitrogen and oxygen atoms in total. The van der Waals surface area contributed by atoms with Crippen molar-refractivity contribution in [2.24, 2.45) is 5.10 Å². The second-order valence-electron chi connectivity index (χ2n) is 5.18. The summed E-state index contributed by atoms with van der Waals surface area (Å²) in [7, 11) is 0. The van der Waals surface area contributed by atoms with Gasteiger partial charge in [-0.25, -0.2) is 5.43 Å². The Morgan fingerprint density at radius 1 is 1.23 bits per heavy atom. The Morgan fingerprint density at radius 2 is 1.92 bits per heavy atom. The van der Waals surface area contributed by atoms with Gasteiger partial charge in [0.05, 0.1) is 11.1 Å². The highest BCUT2D eigenvalue weighted by Gasteiger charge is 2.09. The molecule has 134 valence electrons. The minimum Gasteiger partial charge on any atom is -0.507 e. The summed E-state index contributed by atoms with van der Waals surface area (Å²) in [6, 6.07) is 9.66. The lowest BCUT2D eigenvalue weighted by Crippen LogP contribution is -2.17. The van der Waals surface area contributed by atoms with Crippen LogP contribution in [-0.2, 0) is 4.79 Å². The second-order valence-corrected chi connectivity index (χ2v) is 5.18. The van der Waals surface area contributed by atoms with Crippen molar-refractivity contribution >= 4 is 29.4 Å². The predicted molar refractivity (Wildman–Crippen MR) is 95.2 cm³/mol. The maximum atomic E-state index is 12.0. The number of phenols is 1. The van der Waals surface area contributed by atoms with Crippen LogP contribution in [0.4, 0.5) is 11.4 Å². The number of phenolic OH excluding ortho intramolecular Hbond substituents is 1. The molecule has 0 heterocycles. The molecule has 0 fully saturated rings. The molecular formula is C17H16N4O5. The van der Waals surface area contributed by atoms with E-state index in [0.29, 0.717) is 17.7 Å². The van der Waals surface area contributed by atoms with Gasteiger partial charge >= 0.3 is 0 Å². The number of amides is 2. The minimum atomic E-state index is -0.603. The van der Waals surface area contributed by atoms with E-state index >= 15 is 0 Å². The van der Waals surface area contributed by atoms with Crippen LogP contribution < -0.4 is 10.7 Å². The third-order valence-electron chi connectivity index (χ3n) is 3.34. The number of nitrogens with zero attached hydrogens (tertiary/aromatic N) is 2. The van der Waals surface area contributed by atoms with E-state index in [1.807, 2.05) is 0 Å². The molecule has 26 heavy (non-hydrogen) atoms. The number of nitro benzene ring substituents is 1. The quantitative estimate of drug-likeness (QED) is 0.415. The third-order valence-corrected chi connectivity index (χ3v) is 3.34. The third kappa shape index (κ3) is 4.87. The number of nitrogens with one attached hydrogen (secondary N) is 2. The molecule has 0 spiro atoms. The summed E-state index contributed by atoms with van der Waals surface area (Å²) in [6.07, 6.45) is 1.46. The number of benzene rings is 2. The lowest BCUT2D eigenvalue weighted by molar-refractivity contribution is -0.384. The fraction of sp³-hybridized carbons (Fsp3) is 0.118. The van der Waals surface area contributed by atoms with Crippen molar-refractivity contribution in [3.63, 3.8) is 0 Å². The van der Waals surface area contributed by atoms with Crippen LogP contribution in [-0.4, -0.2) is 28.1 Å². The van der Waals surface area contributed by atoms with Gasteiger partial charge in [-0.1, -0.05) is 6.92 Å². The lowest BCUT2D eigenvalue weighted by Gasteiger charge is -2.05. The zero-order chi connectivity index (χ0) is 19.1. The molecule has 0 radical (unpaired) electrons. The molecule has 0 aliphatic carbocycles. The molecular weight excluding hydrogens is 340 g/mol. The summed E-state index contributed by atoms with van der Waals surface area (Å²) >= 11 is 0. The standard InChI is InChI=1S/C17H16N4O5/c1-2-16(23)19-13-5-3-11(4-6-13)17(24)20-18-10-12-9-14(21(25)26)7-8-15(12)22/h3-10,22H,2H2,1H3,(H,19,23)(H,20,24). The fourth-order valence-corrected chi connectivity index (χ4v) is 1.94. The number of rotatable bonds is 6. The number of anilines is 1. The summed E-state index contributed by atoms with van der Waals surface area (Å²) in [6.45, 7) is 1.73. The Balaban J connectivity index is 2.02. The molecule has 0 bridgehead atoms. The summed E-state index contributed by atoms with van der Waals surface area (Å²) in [5.41, 5.74) is 3.02. The normalized spacial score (nSPS) is 10.5. The van der Waals surface area contributed by atoms with Crippen LogP contribution in [0.3, 0.4) is 0 Å². The zero-order valence-corrected chi connectivity index (χ0v) is 13.8. The van der Waals surface area contributed by atoms with Gasteiger partial charge in [0, 0.05) is 35.4 Å². The smallest absolute Gasteiger partial charge is 0.271 e. The van der Waals surface area contributed by atoms with E-state index in [2.05, 4.69) is 15.8 Å². The molecule has 0 saturated carbocycles. The minimum absolute atomic E-state index is 0.0946. The van der Waals surface area contributed by atoms with Crippen molar-refractivity contribution in [1.29, 1.82) is 0 Å². The van der Waals surface area contributed by atoms with E-state index < -0.39 is 10.8 Å². The number of aromatic hydroxyl groups is 1. The van der Waals surface area contributed by atoms with Crippen LogP contribution in [0.15, 0.2) is 47.6 Å². The van der Waals surface area contributed by atoms with Crippen LogP contribution in [0.25, 0.3) is 0 Å². The monoisotopic (exact) mass is 356 g/mol. The maximum Gasteiger partial charge on any atom is 0.271 e. The molecule has 2 amide bonds. The van der Waals surface area contributed by atoms with E-state index in [1.54, 1.807) is 19.1 Å². The van der Waals surface area contributed by atoms with Crippen molar-refractivity contribution in [2.75, 3.05) is 5.32 Å². The number of hydrogen-bond acceptors (Lipinski definition) is 6. The first kappa shape index (κ1) is 18.6. The largest absolute Gasteiger partial charge is 0.507 e. The maximum absolute atomic E-state index is 12.0. The molecule has 0 aromatic heterocycles. The van der Waals surface area contributed by atoms with Crippen molar-refractivity contribution in [3.05, 3.63) is 63.7 Å². The summed E-state index contributed by atoms with van der Waals surface area (Å²) < 4.78 is 0. The summed E-state index contributed by atoms with van der Waals surface area (Å²) in [4.78, 5) is 33.4. The first-order valence-corrected chi connectivity index (χ1v) is 7.61. The van der Waals surface area contributed by atoms with Gasteiger partial charge in [0.2, 0.25) is 5.91 Å². The van der Waals surface area contributed by atoms with Crippen molar-refractivity contribution < 1.29 is 19.6 Å². The van der Waals surface area contributed by atoms with Crippen LogP contribution >= 0.6 is 0 Å². The highest BCUT2D eigenvalue weighted by molar-refractivity contribution is 5.96. The van der Waals surface area contributed by atoms with Crippen LogP contribution in [0.1, 0.15) is 29.3 Å². The average molecular weight is 356 g/mol. The summed E-state index contributed by atoms with van der Waals surface area (Å²) in [5.74, 6) is -0.854. The number of carbonyl (C=O) groups is 2. The topological polar surface area (TPSA) is 134 Å². The Bertz CT molecular complexity index is 862. The van der Waals surface area contributed by atoms with E-state index in [4.69, 9.17) is 0 Å². The van der Waals surface area contributed by atoms with Gasteiger partial charge < -0.3 is 10.4 Å². The number of carbonyl (C=O) groups excluding carboxylic acids is 2. The van der Waals surface area contributed by atoms with E-state index in [9.17, 15) is 24.8 Å². The van der Waals surface area contributed by atoms with E-state index in [1.165, 1.54) is 18.2 Å². The Kier molecular flexibility index (Phi) is 5.99. The molecule has 0 unspecified atom stereocenters. The van der Waals surface area contributed by atoms with Crippen LogP contribution in [0.2, 0.25) is 0 Å². The molecule has 0 atom stereocenters. The highest BCUT2D eigenvalue weighted by Crippen LogP contribution is 2.21. The van der Waals surface area contributed by atoms with E-state index in [-0.39, 0.29) is 22.9 Å². The van der Waals surface area contributed by atoms with Crippen LogP contribution in [0.5, 0.6) is 5.75 Å². The lowest BCUT2D eigenvalue weighted by atomic mass is 10.2. The molecule has 2 aromatic carbocycles. The van der Waals surface area contributed by atoms with Crippen molar-refractivity contribution in [2.45, 2.75) is 13.3 Å². The number of hydrogen-bond donors (Lipinski definition) is 3. The van der Waals surface area contributed by atoms with Crippen molar-refractivity contribution in [3.8, 4) is 5.75 Å². The molecule has 0 aliphatic heterocycles. The van der Waals surface area contributed by atoms with Crippen molar-refractivity contribution in [1.82, 2.24) is 5.43 Å². The van der Waals surface area contributed by atoms with Gasteiger partial charge in [-0.05, 0) is 30.3 Å². The summed E-state index contributed by atoms with van der Waals surface area (Å²) in [5, 5.41) is 26.7.